The van der Waals surface area contributed by atoms with E-state index in [9.17, 15) is 0 Å². The molecule has 1 unspecified atom stereocenters. The Kier molecular flexibility index (Phi) is 5.60. The van der Waals surface area contributed by atoms with Crippen LogP contribution >= 0.6 is 11.6 Å². The lowest BCUT2D eigenvalue weighted by molar-refractivity contribution is 0.109. The van der Waals surface area contributed by atoms with Gasteiger partial charge in [0.05, 0.1) is 24.0 Å². The zero-order valence-corrected chi connectivity index (χ0v) is 14.6. The molecule has 2 aromatic rings. The lowest BCUT2D eigenvalue weighted by atomic mass is 10.3. The first-order valence-corrected chi connectivity index (χ1v) is 8.33. The van der Waals surface area contributed by atoms with Gasteiger partial charge in [-0.3, -0.25) is 4.90 Å². The van der Waals surface area contributed by atoms with Crippen LogP contribution in [0, 0.1) is 0 Å². The molecule has 8 nitrogen and oxygen atoms in total. The summed E-state index contributed by atoms with van der Waals surface area (Å²) >= 11 is 5.85. The van der Waals surface area contributed by atoms with Crippen molar-refractivity contribution in [3.63, 3.8) is 0 Å². The van der Waals surface area contributed by atoms with Crippen LogP contribution in [0.2, 0.25) is 5.02 Å². The number of hydrogen-bond acceptors (Lipinski definition) is 8. The summed E-state index contributed by atoms with van der Waals surface area (Å²) < 4.78 is 10.5. The monoisotopic (exact) mass is 352 g/mol. The Balaban J connectivity index is 1.57. The summed E-state index contributed by atoms with van der Waals surface area (Å²) in [4.78, 5) is 17.4. The van der Waals surface area contributed by atoms with Gasteiger partial charge in [-0.1, -0.05) is 16.8 Å². The third kappa shape index (κ3) is 4.19. The Labute approximate surface area is 145 Å². The summed E-state index contributed by atoms with van der Waals surface area (Å²) in [5.41, 5.74) is 0. The van der Waals surface area contributed by atoms with Crippen LogP contribution in [0.15, 0.2) is 16.9 Å². The van der Waals surface area contributed by atoms with Gasteiger partial charge in [0.15, 0.2) is 5.82 Å². The van der Waals surface area contributed by atoms with Crippen molar-refractivity contribution in [1.29, 1.82) is 0 Å². The number of methoxy groups -OCH3 is 1. The quantitative estimate of drug-likeness (QED) is 0.807. The molecule has 0 aromatic carbocycles. The van der Waals surface area contributed by atoms with Gasteiger partial charge in [-0.25, -0.2) is 9.97 Å². The minimum Gasteiger partial charge on any atom is -0.374 e. The Morgan fingerprint density at radius 2 is 2.04 bits per heavy atom. The van der Waals surface area contributed by atoms with Crippen LogP contribution in [0.25, 0.3) is 0 Å². The number of hydrogen-bond donors (Lipinski definition) is 0. The summed E-state index contributed by atoms with van der Waals surface area (Å²) in [6.07, 6.45) is 4.11. The van der Waals surface area contributed by atoms with E-state index in [1.807, 2.05) is 6.92 Å². The smallest absolute Gasteiger partial charge is 0.240 e. The zero-order valence-electron chi connectivity index (χ0n) is 13.9. The van der Waals surface area contributed by atoms with Crippen molar-refractivity contribution in [1.82, 2.24) is 25.0 Å². The van der Waals surface area contributed by atoms with E-state index in [0.29, 0.717) is 23.3 Å². The van der Waals surface area contributed by atoms with Crippen molar-refractivity contribution in [2.24, 2.45) is 0 Å². The molecule has 130 valence electrons. The number of rotatable bonds is 5. The first-order chi connectivity index (χ1) is 11.7. The van der Waals surface area contributed by atoms with Crippen molar-refractivity contribution in [3.05, 3.63) is 29.1 Å². The van der Waals surface area contributed by atoms with Gasteiger partial charge in [0.1, 0.15) is 6.10 Å². The van der Waals surface area contributed by atoms with Gasteiger partial charge < -0.3 is 14.2 Å². The largest absolute Gasteiger partial charge is 0.374 e. The number of ether oxygens (including phenoxy) is 1. The average molecular weight is 353 g/mol. The maximum atomic E-state index is 5.85. The normalized spacial score (nSPS) is 17.7. The number of anilines is 1. The fourth-order valence-corrected chi connectivity index (χ4v) is 2.69. The molecule has 0 saturated carbocycles. The van der Waals surface area contributed by atoms with Crippen LogP contribution < -0.4 is 4.90 Å². The van der Waals surface area contributed by atoms with Gasteiger partial charge in [-0.05, 0) is 13.3 Å². The second kappa shape index (κ2) is 7.87. The fourth-order valence-electron chi connectivity index (χ4n) is 2.59. The predicted octanol–water partition coefficient (Wildman–Crippen LogP) is 1.93. The van der Waals surface area contributed by atoms with E-state index in [4.69, 9.17) is 20.9 Å². The van der Waals surface area contributed by atoms with Crippen molar-refractivity contribution in [2.45, 2.75) is 26.0 Å². The summed E-state index contributed by atoms with van der Waals surface area (Å²) in [6, 6.07) is 0. The van der Waals surface area contributed by atoms with Gasteiger partial charge in [0, 0.05) is 33.3 Å². The highest BCUT2D eigenvalue weighted by Gasteiger charge is 2.20. The second-order valence-corrected chi connectivity index (χ2v) is 6.18. The molecule has 0 bridgehead atoms. The minimum absolute atomic E-state index is 0.163. The standard InChI is InChI=1S/C15H21ClN6O2/c1-11(23-2)14-19-13(24-20-14)10-21-4-3-5-22(7-6-21)15-17-8-12(16)9-18-15/h8-9,11H,3-7,10H2,1-2H3. The molecule has 0 aliphatic carbocycles. The first kappa shape index (κ1) is 17.1. The number of nitrogens with zero attached hydrogens (tertiary/aromatic N) is 6. The molecule has 3 rings (SSSR count). The molecule has 1 saturated heterocycles. The van der Waals surface area contributed by atoms with Gasteiger partial charge >= 0.3 is 0 Å². The van der Waals surface area contributed by atoms with Crippen LogP contribution in [0.5, 0.6) is 0 Å². The van der Waals surface area contributed by atoms with Gasteiger partial charge in [0.25, 0.3) is 0 Å². The molecular formula is C15H21ClN6O2. The third-order valence-corrected chi connectivity index (χ3v) is 4.23. The minimum atomic E-state index is -0.163. The molecule has 1 aliphatic rings. The van der Waals surface area contributed by atoms with Crippen molar-refractivity contribution >= 4 is 17.5 Å². The predicted molar refractivity (Wildman–Crippen MR) is 88.9 cm³/mol. The molecule has 1 atom stereocenters. The molecular weight excluding hydrogens is 332 g/mol. The topological polar surface area (TPSA) is 80.4 Å². The third-order valence-electron chi connectivity index (χ3n) is 4.04. The van der Waals surface area contributed by atoms with E-state index in [2.05, 4.69) is 29.9 Å². The fraction of sp³-hybridized carbons (Fsp3) is 0.600. The van der Waals surface area contributed by atoms with Crippen LogP contribution in [0.3, 0.4) is 0 Å². The lowest BCUT2D eigenvalue weighted by Gasteiger charge is -2.20. The van der Waals surface area contributed by atoms with E-state index in [-0.39, 0.29) is 6.10 Å². The molecule has 24 heavy (non-hydrogen) atoms. The van der Waals surface area contributed by atoms with E-state index in [1.54, 1.807) is 19.5 Å². The number of aromatic nitrogens is 4. The number of halogens is 1. The molecule has 1 aliphatic heterocycles. The highest BCUT2D eigenvalue weighted by atomic mass is 35.5. The molecule has 0 radical (unpaired) electrons. The SMILES string of the molecule is COC(C)c1noc(CN2CCCN(c3ncc(Cl)cn3)CC2)n1. The molecule has 0 amide bonds. The van der Waals surface area contributed by atoms with Crippen LogP contribution in [-0.4, -0.2) is 58.3 Å². The maximum Gasteiger partial charge on any atom is 0.240 e. The van der Waals surface area contributed by atoms with Crippen LogP contribution in [0.4, 0.5) is 5.95 Å². The molecule has 0 N–H and O–H groups in total. The van der Waals surface area contributed by atoms with Gasteiger partial charge in [-0.2, -0.15) is 4.98 Å². The molecule has 9 heteroatoms. The van der Waals surface area contributed by atoms with Crippen molar-refractivity contribution in [3.8, 4) is 0 Å². The van der Waals surface area contributed by atoms with Crippen molar-refractivity contribution in [2.75, 3.05) is 38.2 Å². The van der Waals surface area contributed by atoms with E-state index in [0.717, 1.165) is 38.5 Å². The average Bonchev–Trinajstić information content (AvgIpc) is 2.93. The van der Waals surface area contributed by atoms with Crippen LogP contribution in [-0.2, 0) is 11.3 Å². The summed E-state index contributed by atoms with van der Waals surface area (Å²) in [6.45, 7) is 6.12. The molecule has 0 spiro atoms. The van der Waals surface area contributed by atoms with E-state index >= 15 is 0 Å². The molecule has 2 aromatic heterocycles. The summed E-state index contributed by atoms with van der Waals surface area (Å²) in [7, 11) is 1.63. The first-order valence-electron chi connectivity index (χ1n) is 7.96. The summed E-state index contributed by atoms with van der Waals surface area (Å²) in [5, 5.41) is 4.51. The highest BCUT2D eigenvalue weighted by Crippen LogP contribution is 2.16. The van der Waals surface area contributed by atoms with E-state index in [1.165, 1.54) is 0 Å². The Morgan fingerprint density at radius 3 is 2.79 bits per heavy atom. The molecule has 3 heterocycles. The lowest BCUT2D eigenvalue weighted by Crippen LogP contribution is -2.31. The van der Waals surface area contributed by atoms with Crippen molar-refractivity contribution < 1.29 is 9.26 Å². The van der Waals surface area contributed by atoms with E-state index < -0.39 is 0 Å². The summed E-state index contributed by atoms with van der Waals surface area (Å²) in [5.74, 6) is 1.92. The van der Waals surface area contributed by atoms with Gasteiger partial charge in [-0.15, -0.1) is 0 Å². The van der Waals surface area contributed by atoms with Gasteiger partial charge in [0.2, 0.25) is 11.8 Å². The highest BCUT2D eigenvalue weighted by molar-refractivity contribution is 6.30. The Morgan fingerprint density at radius 1 is 1.25 bits per heavy atom. The second-order valence-electron chi connectivity index (χ2n) is 5.74. The zero-order chi connectivity index (χ0) is 16.9. The van der Waals surface area contributed by atoms with Crippen LogP contribution in [0.1, 0.15) is 31.2 Å². The Hall–Kier alpha value is -1.77. The molecule has 1 fully saturated rings. The maximum absolute atomic E-state index is 5.85. The Bertz CT molecular complexity index is 650.